The minimum atomic E-state index is -0.790. The molecule has 0 N–H and O–H groups in total. The van der Waals surface area contributed by atoms with E-state index in [4.69, 9.17) is 20.5 Å². The topological polar surface area (TPSA) is 93.7 Å². The average Bonchev–Trinajstić information content (AvgIpc) is 3.02. The number of rotatable bonds is 5. The molecule has 2 aromatic rings. The zero-order chi connectivity index (χ0) is 22.6. The van der Waals surface area contributed by atoms with Gasteiger partial charge in [-0.2, -0.15) is 10.5 Å². The molecule has 1 saturated carbocycles. The van der Waals surface area contributed by atoms with Crippen LogP contribution in [0.15, 0.2) is 12.1 Å². The summed E-state index contributed by atoms with van der Waals surface area (Å²) in [5.74, 6) is -0.0111. The Hall–Kier alpha value is -2.99. The summed E-state index contributed by atoms with van der Waals surface area (Å²) in [6.07, 6.45) is 2.08. The highest BCUT2D eigenvalue weighted by molar-refractivity contribution is 5.93. The van der Waals surface area contributed by atoms with E-state index in [0.717, 1.165) is 34.4 Å². The summed E-state index contributed by atoms with van der Waals surface area (Å²) in [6.45, 7) is 11.3. The summed E-state index contributed by atoms with van der Waals surface area (Å²) in [4.78, 5) is 26.0. The number of hydrogen-bond donors (Lipinski definition) is 0. The zero-order valence-corrected chi connectivity index (χ0v) is 19.0. The van der Waals surface area contributed by atoms with Crippen LogP contribution in [0.2, 0.25) is 0 Å². The van der Waals surface area contributed by atoms with Crippen molar-refractivity contribution in [1.29, 1.82) is 10.5 Å². The molecule has 2 unspecified atom stereocenters. The first-order valence-electron chi connectivity index (χ1n) is 11.0. The van der Waals surface area contributed by atoms with Crippen molar-refractivity contribution < 1.29 is 4.79 Å². The van der Waals surface area contributed by atoms with Gasteiger partial charge in [-0.1, -0.05) is 20.8 Å². The van der Waals surface area contributed by atoms with Crippen LogP contribution >= 0.6 is 0 Å². The summed E-state index contributed by atoms with van der Waals surface area (Å²) in [5.41, 5.74) is 4.34. The van der Waals surface area contributed by atoms with Crippen LogP contribution in [0.25, 0.3) is 11.0 Å². The number of fused-ring (bicyclic) bond motifs is 6. The standard InChI is InChI=1S/C25H29N5O/c1-16-14-18-19(15-17(16)2)29-21-20(28-18)24(5)8-9-25(21,23(24,3)4)22(31)30(12-6-10-26)13-7-11-27/h14-15H,6-9,12-13H2,1-5H3. The molecule has 1 aromatic heterocycles. The number of carbonyl (C=O) groups is 1. The van der Waals surface area contributed by atoms with Crippen molar-refractivity contribution in [3.8, 4) is 12.1 Å². The lowest BCUT2D eigenvalue weighted by molar-refractivity contribution is -0.141. The molecule has 31 heavy (non-hydrogen) atoms. The van der Waals surface area contributed by atoms with Crippen molar-refractivity contribution in [3.63, 3.8) is 0 Å². The van der Waals surface area contributed by atoms with Crippen LogP contribution in [-0.2, 0) is 15.6 Å². The van der Waals surface area contributed by atoms with Crippen molar-refractivity contribution >= 4 is 16.9 Å². The van der Waals surface area contributed by atoms with Crippen molar-refractivity contribution in [2.45, 2.75) is 71.1 Å². The van der Waals surface area contributed by atoms with Crippen LogP contribution in [0.4, 0.5) is 0 Å². The first-order valence-corrected chi connectivity index (χ1v) is 11.0. The van der Waals surface area contributed by atoms with Crippen LogP contribution in [0.3, 0.4) is 0 Å². The fraction of sp³-hybridized carbons (Fsp3) is 0.560. The normalized spacial score (nSPS) is 25.1. The minimum Gasteiger partial charge on any atom is -0.340 e. The lowest BCUT2D eigenvalue weighted by Gasteiger charge is -2.42. The third kappa shape index (κ3) is 2.64. The van der Waals surface area contributed by atoms with E-state index in [0.29, 0.717) is 19.5 Å². The number of hydrogen-bond acceptors (Lipinski definition) is 5. The highest BCUT2D eigenvalue weighted by Crippen LogP contribution is 2.70. The molecule has 0 radical (unpaired) electrons. The molecular weight excluding hydrogens is 386 g/mol. The highest BCUT2D eigenvalue weighted by atomic mass is 16.2. The van der Waals surface area contributed by atoms with Gasteiger partial charge in [0, 0.05) is 18.5 Å². The second-order valence-corrected chi connectivity index (χ2v) is 9.82. The predicted octanol–water partition coefficient (Wildman–Crippen LogP) is 4.23. The molecule has 2 aliphatic rings. The van der Waals surface area contributed by atoms with E-state index in [1.807, 2.05) is 0 Å². The van der Waals surface area contributed by atoms with Crippen molar-refractivity contribution in [2.75, 3.05) is 13.1 Å². The molecule has 0 spiro atoms. The van der Waals surface area contributed by atoms with Gasteiger partial charge in [-0.15, -0.1) is 0 Å². The van der Waals surface area contributed by atoms with Crippen LogP contribution in [0.5, 0.6) is 0 Å². The Morgan fingerprint density at radius 2 is 1.48 bits per heavy atom. The van der Waals surface area contributed by atoms with Gasteiger partial charge < -0.3 is 4.90 Å². The molecule has 2 bridgehead atoms. The van der Waals surface area contributed by atoms with Crippen molar-refractivity contribution in [3.05, 3.63) is 34.6 Å². The summed E-state index contributed by atoms with van der Waals surface area (Å²) >= 11 is 0. The Labute approximate surface area is 183 Å². The van der Waals surface area contributed by atoms with Crippen LogP contribution < -0.4 is 0 Å². The number of nitriles is 2. The maximum atomic E-state index is 14.2. The van der Waals surface area contributed by atoms with E-state index >= 15 is 0 Å². The summed E-state index contributed by atoms with van der Waals surface area (Å²) in [5, 5.41) is 18.2. The first-order chi connectivity index (χ1) is 14.6. The van der Waals surface area contributed by atoms with Crippen LogP contribution in [-0.4, -0.2) is 33.9 Å². The van der Waals surface area contributed by atoms with E-state index in [-0.39, 0.29) is 29.6 Å². The van der Waals surface area contributed by atoms with E-state index in [1.54, 1.807) is 4.90 Å². The molecular formula is C25H29N5O. The number of amides is 1. The van der Waals surface area contributed by atoms with E-state index in [2.05, 4.69) is 58.9 Å². The average molecular weight is 416 g/mol. The molecule has 1 fully saturated rings. The summed E-state index contributed by atoms with van der Waals surface area (Å²) < 4.78 is 0. The van der Waals surface area contributed by atoms with Gasteiger partial charge in [0.15, 0.2) is 0 Å². The van der Waals surface area contributed by atoms with E-state index in [1.165, 1.54) is 5.56 Å². The molecule has 160 valence electrons. The van der Waals surface area contributed by atoms with Gasteiger partial charge in [0.25, 0.3) is 0 Å². The fourth-order valence-electron chi connectivity index (χ4n) is 5.79. The Morgan fingerprint density at radius 3 is 2.00 bits per heavy atom. The monoisotopic (exact) mass is 415 g/mol. The molecule has 2 aliphatic carbocycles. The Morgan fingerprint density at radius 1 is 0.968 bits per heavy atom. The van der Waals surface area contributed by atoms with E-state index in [9.17, 15) is 4.79 Å². The molecule has 0 aliphatic heterocycles. The fourth-order valence-corrected chi connectivity index (χ4v) is 5.79. The molecule has 6 heteroatoms. The zero-order valence-electron chi connectivity index (χ0n) is 19.0. The molecule has 1 amide bonds. The van der Waals surface area contributed by atoms with Crippen LogP contribution in [0, 0.1) is 41.9 Å². The molecule has 6 nitrogen and oxygen atoms in total. The third-order valence-electron chi connectivity index (χ3n) is 8.29. The smallest absolute Gasteiger partial charge is 0.235 e. The molecule has 1 aromatic carbocycles. The Balaban J connectivity index is 1.93. The van der Waals surface area contributed by atoms with Gasteiger partial charge in [0.2, 0.25) is 5.91 Å². The maximum absolute atomic E-state index is 14.2. The van der Waals surface area contributed by atoms with Crippen LogP contribution in [0.1, 0.15) is 69.0 Å². The Bertz CT molecular complexity index is 1150. The molecule has 0 saturated heterocycles. The second-order valence-electron chi connectivity index (χ2n) is 9.82. The van der Waals surface area contributed by atoms with Gasteiger partial charge in [0.05, 0.1) is 52.8 Å². The quantitative estimate of drug-likeness (QED) is 0.728. The van der Waals surface area contributed by atoms with Gasteiger partial charge in [-0.3, -0.25) is 4.79 Å². The predicted molar refractivity (Wildman–Crippen MR) is 118 cm³/mol. The maximum Gasteiger partial charge on any atom is 0.235 e. The highest BCUT2D eigenvalue weighted by Gasteiger charge is 2.73. The lowest BCUT2D eigenvalue weighted by atomic mass is 9.63. The van der Waals surface area contributed by atoms with Gasteiger partial charge in [0.1, 0.15) is 0 Å². The summed E-state index contributed by atoms with van der Waals surface area (Å²) in [6, 6.07) is 8.42. The number of aromatic nitrogens is 2. The van der Waals surface area contributed by atoms with Gasteiger partial charge >= 0.3 is 0 Å². The largest absolute Gasteiger partial charge is 0.340 e. The first kappa shape index (κ1) is 21.2. The van der Waals surface area contributed by atoms with Gasteiger partial charge in [-0.25, -0.2) is 9.97 Å². The van der Waals surface area contributed by atoms with Gasteiger partial charge in [-0.05, 0) is 55.4 Å². The molecule has 2 atom stereocenters. The number of aryl methyl sites for hydroxylation is 2. The Kier molecular flexibility index (Phi) is 4.81. The third-order valence-corrected chi connectivity index (χ3v) is 8.29. The second kappa shape index (κ2) is 7.02. The lowest BCUT2D eigenvalue weighted by Crippen LogP contribution is -2.53. The molecule has 4 rings (SSSR count). The van der Waals surface area contributed by atoms with Crippen molar-refractivity contribution in [1.82, 2.24) is 14.9 Å². The minimum absolute atomic E-state index is 0.0111. The summed E-state index contributed by atoms with van der Waals surface area (Å²) in [7, 11) is 0. The number of benzene rings is 1. The SMILES string of the molecule is Cc1cc2nc3c(nc2cc1C)C1(C(=O)N(CCC#N)CCC#N)CCC3(C)C1(C)C. The number of nitrogens with zero attached hydrogens (tertiary/aromatic N) is 5. The molecule has 1 heterocycles. The van der Waals surface area contributed by atoms with Crippen molar-refractivity contribution in [2.24, 2.45) is 5.41 Å². The van der Waals surface area contributed by atoms with E-state index < -0.39 is 5.41 Å². The number of carbonyl (C=O) groups excluding carboxylic acids is 1.